The van der Waals surface area contributed by atoms with E-state index in [0.29, 0.717) is 6.42 Å². The lowest BCUT2D eigenvalue weighted by atomic mass is 10.2. The zero-order valence-corrected chi connectivity index (χ0v) is 16.3. The number of hydrogen-bond donors (Lipinski definition) is 0. The molecule has 1 aliphatic heterocycles. The molecule has 5 heteroatoms. The van der Waals surface area contributed by atoms with E-state index in [1.165, 1.54) is 10.5 Å². The number of carbonyl (C=O) groups excluding carboxylic acids is 1. The highest BCUT2D eigenvalue weighted by molar-refractivity contribution is 7.99. The molecule has 0 radical (unpaired) electrons. The standard InChI is InChI=1S/C21H26N2O2S/c1-17-6-8-20(9-7-17)26-15-10-21(24)23-13-11-22(12-14-23)18-4-3-5-19(16-18)25-2/h3-9,16H,10-15H2,1-2H3. The van der Waals surface area contributed by atoms with Crippen LogP contribution in [0.3, 0.4) is 0 Å². The number of aryl methyl sites for hydroxylation is 1. The number of thioether (sulfide) groups is 1. The van der Waals surface area contributed by atoms with E-state index >= 15 is 0 Å². The molecule has 1 saturated heterocycles. The van der Waals surface area contributed by atoms with Gasteiger partial charge in [0.15, 0.2) is 0 Å². The van der Waals surface area contributed by atoms with Crippen molar-refractivity contribution in [3.8, 4) is 5.75 Å². The molecule has 0 saturated carbocycles. The molecule has 0 aliphatic carbocycles. The first-order valence-electron chi connectivity index (χ1n) is 9.02. The molecular formula is C21H26N2O2S. The SMILES string of the molecule is COc1cccc(N2CCN(C(=O)CCSc3ccc(C)cc3)CC2)c1. The number of rotatable bonds is 6. The maximum Gasteiger partial charge on any atom is 0.223 e. The summed E-state index contributed by atoms with van der Waals surface area (Å²) in [7, 11) is 1.68. The Balaban J connectivity index is 1.43. The van der Waals surface area contributed by atoms with Gasteiger partial charge in [-0.15, -0.1) is 11.8 Å². The van der Waals surface area contributed by atoms with E-state index < -0.39 is 0 Å². The van der Waals surface area contributed by atoms with Crippen LogP contribution in [0.2, 0.25) is 0 Å². The fraction of sp³-hybridized carbons (Fsp3) is 0.381. The minimum atomic E-state index is 0.259. The number of ether oxygens (including phenoxy) is 1. The molecule has 0 spiro atoms. The highest BCUT2D eigenvalue weighted by Gasteiger charge is 2.21. The lowest BCUT2D eigenvalue weighted by molar-refractivity contribution is -0.131. The second kappa shape index (κ2) is 8.99. The summed E-state index contributed by atoms with van der Waals surface area (Å²) in [6, 6.07) is 16.6. The topological polar surface area (TPSA) is 32.8 Å². The van der Waals surface area contributed by atoms with Crippen molar-refractivity contribution < 1.29 is 9.53 Å². The van der Waals surface area contributed by atoms with Gasteiger partial charge in [-0.1, -0.05) is 23.8 Å². The smallest absolute Gasteiger partial charge is 0.223 e. The van der Waals surface area contributed by atoms with Crippen molar-refractivity contribution in [3.05, 3.63) is 54.1 Å². The molecule has 138 valence electrons. The maximum absolute atomic E-state index is 12.5. The van der Waals surface area contributed by atoms with Crippen LogP contribution in [0, 0.1) is 6.92 Å². The maximum atomic E-state index is 12.5. The van der Waals surface area contributed by atoms with Crippen LogP contribution >= 0.6 is 11.8 Å². The second-order valence-electron chi connectivity index (χ2n) is 6.48. The second-order valence-corrected chi connectivity index (χ2v) is 7.65. The van der Waals surface area contributed by atoms with Gasteiger partial charge < -0.3 is 14.5 Å². The fourth-order valence-electron chi connectivity index (χ4n) is 3.07. The number of piperazine rings is 1. The van der Waals surface area contributed by atoms with Crippen LogP contribution in [-0.4, -0.2) is 49.8 Å². The summed E-state index contributed by atoms with van der Waals surface area (Å²) in [6.07, 6.45) is 0.595. The average Bonchev–Trinajstić information content (AvgIpc) is 2.69. The van der Waals surface area contributed by atoms with Crippen molar-refractivity contribution in [2.24, 2.45) is 0 Å². The number of anilines is 1. The average molecular weight is 371 g/mol. The summed E-state index contributed by atoms with van der Waals surface area (Å²) in [4.78, 5) is 18.0. The van der Waals surface area contributed by atoms with Crippen LogP contribution in [0.1, 0.15) is 12.0 Å². The molecule has 2 aromatic rings. The van der Waals surface area contributed by atoms with E-state index in [0.717, 1.165) is 43.4 Å². The van der Waals surface area contributed by atoms with E-state index in [4.69, 9.17) is 4.74 Å². The van der Waals surface area contributed by atoms with Gasteiger partial charge in [0.25, 0.3) is 0 Å². The monoisotopic (exact) mass is 370 g/mol. The number of hydrogen-bond acceptors (Lipinski definition) is 4. The summed E-state index contributed by atoms with van der Waals surface area (Å²) in [5, 5.41) is 0. The Kier molecular flexibility index (Phi) is 6.45. The lowest BCUT2D eigenvalue weighted by Crippen LogP contribution is -2.48. The molecular weight excluding hydrogens is 344 g/mol. The van der Waals surface area contributed by atoms with Gasteiger partial charge in [-0.25, -0.2) is 0 Å². The number of benzene rings is 2. The lowest BCUT2D eigenvalue weighted by Gasteiger charge is -2.36. The van der Waals surface area contributed by atoms with Crippen molar-refractivity contribution in [1.82, 2.24) is 4.90 Å². The third-order valence-electron chi connectivity index (χ3n) is 4.66. The molecule has 2 aromatic carbocycles. The van der Waals surface area contributed by atoms with Crippen molar-refractivity contribution in [2.45, 2.75) is 18.2 Å². The van der Waals surface area contributed by atoms with Crippen LogP contribution in [-0.2, 0) is 4.79 Å². The van der Waals surface area contributed by atoms with Gasteiger partial charge in [0.1, 0.15) is 5.75 Å². The van der Waals surface area contributed by atoms with E-state index in [1.807, 2.05) is 17.0 Å². The van der Waals surface area contributed by atoms with E-state index in [2.05, 4.69) is 48.2 Å². The van der Waals surface area contributed by atoms with Gasteiger partial charge in [0.2, 0.25) is 5.91 Å². The summed E-state index contributed by atoms with van der Waals surface area (Å²) < 4.78 is 5.30. The molecule has 1 heterocycles. The predicted octanol–water partition coefficient (Wildman–Crippen LogP) is 3.83. The van der Waals surface area contributed by atoms with Crippen LogP contribution in [0.5, 0.6) is 5.75 Å². The Morgan fingerprint density at radius 3 is 2.50 bits per heavy atom. The van der Waals surface area contributed by atoms with Gasteiger partial charge in [0.05, 0.1) is 7.11 Å². The minimum Gasteiger partial charge on any atom is -0.497 e. The van der Waals surface area contributed by atoms with Crippen molar-refractivity contribution in [1.29, 1.82) is 0 Å². The van der Waals surface area contributed by atoms with Crippen molar-refractivity contribution in [3.63, 3.8) is 0 Å². The van der Waals surface area contributed by atoms with Gasteiger partial charge in [-0.3, -0.25) is 4.79 Å². The number of nitrogens with zero attached hydrogens (tertiary/aromatic N) is 2. The minimum absolute atomic E-state index is 0.259. The molecule has 26 heavy (non-hydrogen) atoms. The van der Waals surface area contributed by atoms with Crippen LogP contribution in [0.25, 0.3) is 0 Å². The summed E-state index contributed by atoms with van der Waals surface area (Å²) in [6.45, 7) is 5.38. The number of methoxy groups -OCH3 is 1. The van der Waals surface area contributed by atoms with Gasteiger partial charge >= 0.3 is 0 Å². The van der Waals surface area contributed by atoms with Crippen molar-refractivity contribution in [2.75, 3.05) is 43.9 Å². The fourth-order valence-corrected chi connectivity index (χ4v) is 3.91. The first-order valence-corrected chi connectivity index (χ1v) is 10.0. The quantitative estimate of drug-likeness (QED) is 0.724. The summed E-state index contributed by atoms with van der Waals surface area (Å²) in [5.41, 5.74) is 2.42. The Labute approximate surface area is 160 Å². The van der Waals surface area contributed by atoms with Crippen LogP contribution in [0.4, 0.5) is 5.69 Å². The zero-order chi connectivity index (χ0) is 18.4. The first kappa shape index (κ1) is 18.6. The number of amides is 1. The van der Waals surface area contributed by atoms with Gasteiger partial charge in [-0.2, -0.15) is 0 Å². The number of carbonyl (C=O) groups is 1. The normalized spacial score (nSPS) is 14.4. The molecule has 1 fully saturated rings. The molecule has 0 atom stereocenters. The summed E-state index contributed by atoms with van der Waals surface area (Å²) in [5.74, 6) is 1.96. The largest absolute Gasteiger partial charge is 0.497 e. The Morgan fingerprint density at radius 2 is 1.81 bits per heavy atom. The Hall–Kier alpha value is -2.14. The molecule has 0 aromatic heterocycles. The third kappa shape index (κ3) is 4.94. The van der Waals surface area contributed by atoms with Crippen molar-refractivity contribution >= 4 is 23.4 Å². The molecule has 4 nitrogen and oxygen atoms in total. The van der Waals surface area contributed by atoms with Gasteiger partial charge in [0, 0.05) is 55.0 Å². The Bertz CT molecular complexity index is 725. The summed E-state index contributed by atoms with van der Waals surface area (Å²) >= 11 is 1.75. The molecule has 0 bridgehead atoms. The van der Waals surface area contributed by atoms with Crippen LogP contribution in [0.15, 0.2) is 53.4 Å². The third-order valence-corrected chi connectivity index (χ3v) is 5.67. The highest BCUT2D eigenvalue weighted by atomic mass is 32.2. The van der Waals surface area contributed by atoms with E-state index in [9.17, 15) is 4.79 Å². The highest BCUT2D eigenvalue weighted by Crippen LogP contribution is 2.23. The van der Waals surface area contributed by atoms with Gasteiger partial charge in [-0.05, 0) is 31.2 Å². The predicted molar refractivity (Wildman–Crippen MR) is 108 cm³/mol. The Morgan fingerprint density at radius 1 is 1.08 bits per heavy atom. The van der Waals surface area contributed by atoms with E-state index in [1.54, 1.807) is 18.9 Å². The molecule has 1 amide bonds. The molecule has 0 unspecified atom stereocenters. The van der Waals surface area contributed by atoms with E-state index in [-0.39, 0.29) is 5.91 Å². The van der Waals surface area contributed by atoms with Crippen LogP contribution < -0.4 is 9.64 Å². The molecule has 0 N–H and O–H groups in total. The molecule has 3 rings (SSSR count). The molecule has 1 aliphatic rings. The first-order chi connectivity index (χ1) is 12.7. The zero-order valence-electron chi connectivity index (χ0n) is 15.5.